The average Bonchev–Trinajstić information content (AvgIpc) is 3.06. The van der Waals surface area contributed by atoms with Gasteiger partial charge < -0.3 is 30.1 Å². The van der Waals surface area contributed by atoms with Crippen LogP contribution >= 0.6 is 12.6 Å². The van der Waals surface area contributed by atoms with Crippen molar-refractivity contribution in [1.29, 1.82) is 0 Å². The molecule has 0 bridgehead atoms. The van der Waals surface area contributed by atoms with Gasteiger partial charge in [0.25, 0.3) is 0 Å². The van der Waals surface area contributed by atoms with Gasteiger partial charge in [0.05, 0.1) is 19.3 Å². The van der Waals surface area contributed by atoms with Gasteiger partial charge in [-0.2, -0.15) is 0 Å². The summed E-state index contributed by atoms with van der Waals surface area (Å²) in [5.41, 5.74) is 0.0658. The topological polar surface area (TPSA) is 141 Å². The number of carbonyl (C=O) groups is 1. The lowest BCUT2D eigenvalue weighted by Crippen LogP contribution is -2.47. The van der Waals surface area contributed by atoms with Gasteiger partial charge in [-0.05, 0) is 0 Å². The molecule has 0 radical (unpaired) electrons. The van der Waals surface area contributed by atoms with Crippen LogP contribution in [0.4, 0.5) is 5.82 Å². The molecule has 1 aromatic heterocycles. The quantitative estimate of drug-likeness (QED) is 0.407. The fraction of sp³-hybridized carbons (Fsp3) is 0.583. The Balaban J connectivity index is 2.04. The Morgan fingerprint density at radius 1 is 1.48 bits per heavy atom. The Morgan fingerprint density at radius 2 is 2.17 bits per heavy atom. The lowest BCUT2D eigenvalue weighted by Gasteiger charge is -2.34. The SMILES string of the molecule is CN1C=Nc2c(ncn2[C@@H]2O[C@H](CO)[C@@H](O)[C@H]2O)C1(S)C(=O)O. The zero-order valence-corrected chi connectivity index (χ0v) is 12.9. The fourth-order valence-electron chi connectivity index (χ4n) is 2.67. The molecule has 1 aromatic rings. The van der Waals surface area contributed by atoms with Crippen LogP contribution in [0, 0.1) is 0 Å². The molecule has 126 valence electrons. The Hall–Kier alpha value is -1.66. The van der Waals surface area contributed by atoms with E-state index in [1.165, 1.54) is 29.2 Å². The standard InChI is InChI=1S/C12H16N4O6S/c1-15-3-14-9-8(12(15,23)11(20)21)13-4-16(9)10-7(19)6(18)5(2-17)22-10/h3-7,10,17-19,23H,2H2,1H3,(H,20,21)/t5-,6-,7-,10-,12?/m1/s1. The summed E-state index contributed by atoms with van der Waals surface area (Å²) >= 11 is 4.22. The molecular weight excluding hydrogens is 328 g/mol. The smallest absolute Gasteiger partial charge is 0.346 e. The van der Waals surface area contributed by atoms with Crippen LogP contribution < -0.4 is 0 Å². The summed E-state index contributed by atoms with van der Waals surface area (Å²) in [6, 6.07) is 0. The number of likely N-dealkylation sites (N-methyl/N-ethyl adjacent to an activating group) is 1. The lowest BCUT2D eigenvalue weighted by molar-refractivity contribution is -0.143. The number of hydrogen-bond acceptors (Lipinski definition) is 9. The molecule has 2 aliphatic rings. The third-order valence-electron chi connectivity index (χ3n) is 4.05. The number of carboxylic acids is 1. The first-order valence-electron chi connectivity index (χ1n) is 6.75. The van der Waals surface area contributed by atoms with E-state index in [4.69, 9.17) is 9.84 Å². The maximum absolute atomic E-state index is 11.6. The first-order chi connectivity index (χ1) is 10.8. The van der Waals surface area contributed by atoms with E-state index in [1.807, 2.05) is 0 Å². The van der Waals surface area contributed by atoms with Crippen LogP contribution in [0.3, 0.4) is 0 Å². The molecule has 23 heavy (non-hydrogen) atoms. The lowest BCUT2D eigenvalue weighted by atomic mass is 10.1. The van der Waals surface area contributed by atoms with Gasteiger partial charge in [-0.25, -0.2) is 14.8 Å². The predicted molar refractivity (Wildman–Crippen MR) is 79.5 cm³/mol. The van der Waals surface area contributed by atoms with Crippen LogP contribution in [0.1, 0.15) is 11.9 Å². The van der Waals surface area contributed by atoms with Crippen molar-refractivity contribution in [3.63, 3.8) is 0 Å². The maximum atomic E-state index is 11.6. The number of aliphatic hydroxyl groups excluding tert-OH is 3. The predicted octanol–water partition coefficient (Wildman–Crippen LogP) is -1.73. The Bertz CT molecular complexity index is 666. The second kappa shape index (κ2) is 5.46. The number of aliphatic carboxylic acids is 1. The summed E-state index contributed by atoms with van der Waals surface area (Å²) in [6.07, 6.45) is -2.06. The fourth-order valence-corrected chi connectivity index (χ4v) is 2.88. The molecule has 0 aliphatic carbocycles. The van der Waals surface area contributed by atoms with Gasteiger partial charge in [0.15, 0.2) is 12.0 Å². The largest absolute Gasteiger partial charge is 0.479 e. The highest BCUT2D eigenvalue weighted by molar-refractivity contribution is 7.82. The van der Waals surface area contributed by atoms with E-state index in [0.29, 0.717) is 0 Å². The Kier molecular flexibility index (Phi) is 3.84. The summed E-state index contributed by atoms with van der Waals surface area (Å²) in [5.74, 6) is -1.09. The number of nitrogens with zero attached hydrogens (tertiary/aromatic N) is 4. The van der Waals surface area contributed by atoms with Crippen molar-refractivity contribution in [3.05, 3.63) is 12.0 Å². The molecule has 1 fully saturated rings. The third kappa shape index (κ3) is 2.16. The molecule has 0 saturated carbocycles. The van der Waals surface area contributed by atoms with Crippen molar-refractivity contribution >= 4 is 30.8 Å². The van der Waals surface area contributed by atoms with Crippen molar-refractivity contribution in [2.24, 2.45) is 4.99 Å². The van der Waals surface area contributed by atoms with Gasteiger partial charge in [-0.1, -0.05) is 0 Å². The third-order valence-corrected chi connectivity index (χ3v) is 4.77. The molecule has 3 rings (SSSR count). The van der Waals surface area contributed by atoms with Gasteiger partial charge in [0, 0.05) is 7.05 Å². The minimum atomic E-state index is -1.72. The number of rotatable bonds is 3. The molecule has 11 heteroatoms. The normalized spacial score (nSPS) is 36.3. The zero-order chi connectivity index (χ0) is 16.9. The molecule has 2 aliphatic heterocycles. The van der Waals surface area contributed by atoms with Crippen LogP contribution in [0.15, 0.2) is 11.3 Å². The van der Waals surface area contributed by atoms with E-state index < -0.39 is 42.0 Å². The van der Waals surface area contributed by atoms with E-state index in [9.17, 15) is 20.1 Å². The van der Waals surface area contributed by atoms with E-state index in [-0.39, 0.29) is 11.5 Å². The molecule has 1 unspecified atom stereocenters. The molecule has 1 saturated heterocycles. The number of hydrogen-bond donors (Lipinski definition) is 5. The molecule has 10 nitrogen and oxygen atoms in total. The van der Waals surface area contributed by atoms with E-state index in [2.05, 4.69) is 22.6 Å². The first-order valence-corrected chi connectivity index (χ1v) is 7.19. The highest BCUT2D eigenvalue weighted by Gasteiger charge is 2.49. The summed E-state index contributed by atoms with van der Waals surface area (Å²) < 4.78 is 6.73. The number of aliphatic hydroxyl groups is 3. The molecule has 0 spiro atoms. The van der Waals surface area contributed by atoms with Crippen LogP contribution in [-0.2, 0) is 14.4 Å². The highest BCUT2D eigenvalue weighted by atomic mass is 32.1. The molecule has 5 atom stereocenters. The minimum absolute atomic E-state index is 0.0658. The van der Waals surface area contributed by atoms with Crippen molar-refractivity contribution in [2.75, 3.05) is 13.7 Å². The van der Waals surface area contributed by atoms with Gasteiger partial charge >= 0.3 is 5.97 Å². The molecule has 0 amide bonds. The molecule has 0 aromatic carbocycles. The number of fused-ring (bicyclic) bond motifs is 1. The molecule has 4 N–H and O–H groups in total. The zero-order valence-electron chi connectivity index (χ0n) is 12.0. The monoisotopic (exact) mass is 344 g/mol. The van der Waals surface area contributed by atoms with Gasteiger partial charge in [0.2, 0.25) is 4.87 Å². The second-order valence-electron chi connectivity index (χ2n) is 5.39. The second-order valence-corrected chi connectivity index (χ2v) is 6.03. The highest BCUT2D eigenvalue weighted by Crippen LogP contribution is 2.42. The number of aliphatic imine (C=N–C) groups is 1. The minimum Gasteiger partial charge on any atom is -0.479 e. The van der Waals surface area contributed by atoms with Crippen molar-refractivity contribution in [3.8, 4) is 0 Å². The van der Waals surface area contributed by atoms with Crippen LogP contribution in [0.2, 0.25) is 0 Å². The number of thiol groups is 1. The van der Waals surface area contributed by atoms with Crippen LogP contribution in [-0.4, -0.2) is 79.2 Å². The van der Waals surface area contributed by atoms with Gasteiger partial charge in [0.1, 0.15) is 24.0 Å². The van der Waals surface area contributed by atoms with Crippen molar-refractivity contribution < 1.29 is 30.0 Å². The Morgan fingerprint density at radius 3 is 2.74 bits per heavy atom. The molecular formula is C12H16N4O6S. The van der Waals surface area contributed by atoms with Crippen LogP contribution in [0.5, 0.6) is 0 Å². The summed E-state index contributed by atoms with van der Waals surface area (Å²) in [4.78, 5) is 19.3. The van der Waals surface area contributed by atoms with Crippen molar-refractivity contribution in [1.82, 2.24) is 14.5 Å². The number of carboxylic acid groups (broad SMARTS) is 1. The van der Waals surface area contributed by atoms with Gasteiger partial charge in [-0.15, -0.1) is 12.6 Å². The first kappa shape index (κ1) is 16.2. The summed E-state index contributed by atoms with van der Waals surface area (Å²) in [5, 5.41) is 38.6. The van der Waals surface area contributed by atoms with E-state index in [0.717, 1.165) is 0 Å². The summed E-state index contributed by atoms with van der Waals surface area (Å²) in [7, 11) is 1.50. The number of imidazole rings is 1. The van der Waals surface area contributed by atoms with Crippen LogP contribution in [0.25, 0.3) is 0 Å². The Labute approximate surface area is 136 Å². The maximum Gasteiger partial charge on any atom is 0.346 e. The van der Waals surface area contributed by atoms with Crippen molar-refractivity contribution in [2.45, 2.75) is 29.4 Å². The average molecular weight is 344 g/mol. The number of ether oxygens (including phenoxy) is 1. The van der Waals surface area contributed by atoms with E-state index in [1.54, 1.807) is 0 Å². The summed E-state index contributed by atoms with van der Waals surface area (Å²) in [6.45, 7) is -0.469. The molecule has 3 heterocycles. The van der Waals surface area contributed by atoms with Gasteiger partial charge in [-0.3, -0.25) is 4.57 Å². The van der Waals surface area contributed by atoms with E-state index >= 15 is 0 Å². The number of aromatic nitrogens is 2.